The first-order valence-electron chi connectivity index (χ1n) is 8.90. The molecule has 0 bridgehead atoms. The smallest absolute Gasteiger partial charge is 0.270 e. The molecule has 1 amide bonds. The number of sulfonamides is 1. The molecule has 1 aromatic heterocycles. The summed E-state index contributed by atoms with van der Waals surface area (Å²) in [5, 5.41) is 13.7. The molecule has 1 aromatic carbocycles. The van der Waals surface area contributed by atoms with Crippen molar-refractivity contribution in [1.82, 2.24) is 14.6 Å². The van der Waals surface area contributed by atoms with Crippen LogP contribution >= 0.6 is 11.6 Å². The summed E-state index contributed by atoms with van der Waals surface area (Å²) in [5.74, 6) is -0.446. The number of nitrogens with one attached hydrogen (secondary N) is 1. The summed E-state index contributed by atoms with van der Waals surface area (Å²) in [5.41, 5.74) is 0.527. The van der Waals surface area contributed by atoms with Gasteiger partial charge in [0.1, 0.15) is 4.90 Å². The third kappa shape index (κ3) is 4.89. The van der Waals surface area contributed by atoms with Gasteiger partial charge in [0, 0.05) is 50.1 Å². The fraction of sp³-hybridized carbons (Fsp3) is 0.333. The monoisotopic (exact) mass is 438 g/mol. The highest BCUT2D eigenvalue weighted by molar-refractivity contribution is 7.89. The lowest BCUT2D eigenvalue weighted by molar-refractivity contribution is -0.385. The second-order valence-corrected chi connectivity index (χ2v) is 8.94. The maximum absolute atomic E-state index is 12.9. The van der Waals surface area contributed by atoms with Crippen molar-refractivity contribution in [2.24, 2.45) is 5.92 Å². The molecule has 11 heteroatoms. The van der Waals surface area contributed by atoms with E-state index >= 15 is 0 Å². The number of rotatable bonds is 6. The van der Waals surface area contributed by atoms with Crippen molar-refractivity contribution < 1.29 is 18.1 Å². The molecule has 1 aliphatic rings. The lowest BCUT2D eigenvalue weighted by atomic mass is 9.97. The standard InChI is InChI=1S/C18H19ClN4O5S/c19-16-4-3-15(23(25)26)10-17(16)29(27,28)22-8-5-14(6-9-22)18(24)21-12-13-2-1-7-20-11-13/h1-4,7,10-11,14H,5-6,8-9,12H2,(H,21,24). The van der Waals surface area contributed by atoms with Crippen LogP contribution in [0.15, 0.2) is 47.6 Å². The number of benzene rings is 1. The molecule has 29 heavy (non-hydrogen) atoms. The Labute approximate surface area is 172 Å². The van der Waals surface area contributed by atoms with E-state index in [1.165, 1.54) is 10.4 Å². The third-order valence-electron chi connectivity index (χ3n) is 4.76. The maximum Gasteiger partial charge on any atom is 0.270 e. The highest BCUT2D eigenvalue weighted by Gasteiger charge is 2.34. The van der Waals surface area contributed by atoms with Crippen LogP contribution in [0.4, 0.5) is 5.69 Å². The first kappa shape index (κ1) is 21.2. The van der Waals surface area contributed by atoms with Gasteiger partial charge in [0.05, 0.1) is 9.95 Å². The van der Waals surface area contributed by atoms with Crippen LogP contribution in [0.3, 0.4) is 0 Å². The molecule has 0 aliphatic carbocycles. The van der Waals surface area contributed by atoms with Crippen molar-refractivity contribution in [2.75, 3.05) is 13.1 Å². The van der Waals surface area contributed by atoms with Gasteiger partial charge in [0.15, 0.2) is 0 Å². The van der Waals surface area contributed by atoms with Crippen LogP contribution in [0.2, 0.25) is 5.02 Å². The molecule has 0 atom stereocenters. The van der Waals surface area contributed by atoms with Crippen molar-refractivity contribution >= 4 is 33.2 Å². The Hall–Kier alpha value is -2.56. The average molecular weight is 439 g/mol. The number of carbonyl (C=O) groups excluding carboxylic acids is 1. The van der Waals surface area contributed by atoms with Crippen LogP contribution in [0, 0.1) is 16.0 Å². The van der Waals surface area contributed by atoms with Gasteiger partial charge in [-0.15, -0.1) is 0 Å². The largest absolute Gasteiger partial charge is 0.352 e. The van der Waals surface area contributed by atoms with E-state index in [4.69, 9.17) is 11.6 Å². The second kappa shape index (κ2) is 8.85. The number of hydrogen-bond donors (Lipinski definition) is 1. The summed E-state index contributed by atoms with van der Waals surface area (Å²) in [6, 6.07) is 6.95. The minimum absolute atomic E-state index is 0.0769. The van der Waals surface area contributed by atoms with Crippen LogP contribution in [0.25, 0.3) is 0 Å². The van der Waals surface area contributed by atoms with Crippen molar-refractivity contribution in [3.05, 3.63) is 63.4 Å². The van der Waals surface area contributed by atoms with Gasteiger partial charge in [-0.3, -0.25) is 19.9 Å². The van der Waals surface area contributed by atoms with Gasteiger partial charge in [-0.25, -0.2) is 8.42 Å². The fourth-order valence-corrected chi connectivity index (χ4v) is 5.10. The molecule has 9 nitrogen and oxygen atoms in total. The van der Waals surface area contributed by atoms with Gasteiger partial charge in [-0.1, -0.05) is 17.7 Å². The summed E-state index contributed by atoms with van der Waals surface area (Å²) in [4.78, 5) is 26.3. The van der Waals surface area contributed by atoms with Gasteiger partial charge in [-0.2, -0.15) is 4.31 Å². The topological polar surface area (TPSA) is 123 Å². The summed E-state index contributed by atoms with van der Waals surface area (Å²) >= 11 is 5.99. The zero-order valence-electron chi connectivity index (χ0n) is 15.3. The number of nitrogens with zero attached hydrogens (tertiary/aromatic N) is 3. The number of nitro benzene ring substituents is 1. The third-order valence-corrected chi connectivity index (χ3v) is 7.14. The molecule has 1 aliphatic heterocycles. The molecule has 0 spiro atoms. The van der Waals surface area contributed by atoms with E-state index in [9.17, 15) is 23.3 Å². The van der Waals surface area contributed by atoms with E-state index in [1.807, 2.05) is 6.07 Å². The van der Waals surface area contributed by atoms with Crippen LogP contribution in [-0.4, -0.2) is 41.6 Å². The van der Waals surface area contributed by atoms with Crippen molar-refractivity contribution in [3.8, 4) is 0 Å². The summed E-state index contributed by atoms with van der Waals surface area (Å²) in [6.07, 6.45) is 4.02. The Balaban J connectivity index is 1.63. The number of carbonyl (C=O) groups is 1. The van der Waals surface area contributed by atoms with E-state index in [1.54, 1.807) is 18.5 Å². The van der Waals surface area contributed by atoms with Crippen molar-refractivity contribution in [2.45, 2.75) is 24.3 Å². The zero-order chi connectivity index (χ0) is 21.0. The Kier molecular flexibility index (Phi) is 6.46. The molecule has 3 rings (SSSR count). The maximum atomic E-state index is 12.9. The van der Waals surface area contributed by atoms with Gasteiger partial charge >= 0.3 is 0 Å². The number of amides is 1. The summed E-state index contributed by atoms with van der Waals surface area (Å²) < 4.78 is 27.0. The summed E-state index contributed by atoms with van der Waals surface area (Å²) in [6.45, 7) is 0.618. The molecule has 0 unspecified atom stereocenters. The molecule has 0 radical (unpaired) electrons. The van der Waals surface area contributed by atoms with Crippen LogP contribution in [0.5, 0.6) is 0 Å². The first-order valence-corrected chi connectivity index (χ1v) is 10.7. The summed E-state index contributed by atoms with van der Waals surface area (Å²) in [7, 11) is -4.00. The van der Waals surface area contributed by atoms with E-state index in [-0.39, 0.29) is 40.5 Å². The second-order valence-electron chi connectivity index (χ2n) is 6.63. The minimum Gasteiger partial charge on any atom is -0.352 e. The quantitative estimate of drug-likeness (QED) is 0.545. The zero-order valence-corrected chi connectivity index (χ0v) is 16.9. The number of hydrogen-bond acceptors (Lipinski definition) is 6. The van der Waals surface area contributed by atoms with Crippen molar-refractivity contribution in [3.63, 3.8) is 0 Å². The molecular weight excluding hydrogens is 420 g/mol. The minimum atomic E-state index is -4.00. The molecule has 1 fully saturated rings. The van der Waals surface area contributed by atoms with Crippen LogP contribution < -0.4 is 5.32 Å². The predicted octanol–water partition coefficient (Wildman–Crippen LogP) is 2.36. The SMILES string of the molecule is O=C(NCc1cccnc1)C1CCN(S(=O)(=O)c2cc([N+](=O)[O-])ccc2Cl)CC1. The molecule has 2 aromatic rings. The highest BCUT2D eigenvalue weighted by Crippen LogP contribution is 2.31. The van der Waals surface area contributed by atoms with E-state index in [0.717, 1.165) is 17.7 Å². The van der Waals surface area contributed by atoms with Gasteiger partial charge in [0.2, 0.25) is 15.9 Å². The van der Waals surface area contributed by atoms with Crippen LogP contribution in [0.1, 0.15) is 18.4 Å². The Morgan fingerprint density at radius 3 is 2.66 bits per heavy atom. The van der Waals surface area contributed by atoms with E-state index in [2.05, 4.69) is 10.3 Å². The Bertz CT molecular complexity index is 1010. The Morgan fingerprint density at radius 2 is 2.03 bits per heavy atom. The number of piperidine rings is 1. The number of pyridine rings is 1. The molecule has 0 saturated carbocycles. The lowest BCUT2D eigenvalue weighted by Gasteiger charge is -2.30. The molecule has 154 valence electrons. The molecular formula is C18H19ClN4O5S. The van der Waals surface area contributed by atoms with E-state index in [0.29, 0.717) is 19.4 Å². The molecule has 1 saturated heterocycles. The van der Waals surface area contributed by atoms with Crippen LogP contribution in [-0.2, 0) is 21.4 Å². The average Bonchev–Trinajstić information content (AvgIpc) is 2.73. The van der Waals surface area contributed by atoms with Gasteiger partial charge in [-0.05, 0) is 30.5 Å². The lowest BCUT2D eigenvalue weighted by Crippen LogP contribution is -2.42. The molecule has 2 heterocycles. The first-order chi connectivity index (χ1) is 13.8. The fourth-order valence-electron chi connectivity index (χ4n) is 3.14. The highest BCUT2D eigenvalue weighted by atomic mass is 35.5. The van der Waals surface area contributed by atoms with Gasteiger partial charge < -0.3 is 5.32 Å². The number of non-ortho nitro benzene ring substituents is 1. The number of aromatic nitrogens is 1. The number of nitro groups is 1. The van der Waals surface area contributed by atoms with E-state index < -0.39 is 14.9 Å². The molecule has 1 N–H and O–H groups in total. The predicted molar refractivity (Wildman–Crippen MR) is 106 cm³/mol. The number of halogens is 1. The normalized spacial score (nSPS) is 15.8. The van der Waals surface area contributed by atoms with Crippen molar-refractivity contribution in [1.29, 1.82) is 0 Å². The van der Waals surface area contributed by atoms with Gasteiger partial charge in [0.25, 0.3) is 5.69 Å². The Morgan fingerprint density at radius 1 is 1.31 bits per heavy atom.